The summed E-state index contributed by atoms with van der Waals surface area (Å²) in [6, 6.07) is 13.6. The molecule has 1 aliphatic rings. The molecule has 0 saturated carbocycles. The zero-order chi connectivity index (χ0) is 16.2. The second-order valence-electron chi connectivity index (χ2n) is 5.69. The number of halogens is 1. The summed E-state index contributed by atoms with van der Waals surface area (Å²) in [7, 11) is 0. The van der Waals surface area contributed by atoms with Gasteiger partial charge < -0.3 is 10.0 Å². The van der Waals surface area contributed by atoms with Crippen LogP contribution in [0.1, 0.15) is 11.1 Å². The van der Waals surface area contributed by atoms with Crippen molar-refractivity contribution in [3.63, 3.8) is 0 Å². The maximum Gasteiger partial charge on any atom is 0.123 e. The average molecular weight is 311 g/mol. The second kappa shape index (κ2) is 6.67. The Bertz CT molecular complexity index is 716. The third kappa shape index (κ3) is 3.61. The molecule has 1 heterocycles. The lowest BCUT2D eigenvalue weighted by Gasteiger charge is -2.36. The largest absolute Gasteiger partial charge is 0.508 e. The lowest BCUT2D eigenvalue weighted by Crippen LogP contribution is -2.46. The molecule has 0 radical (unpaired) electrons. The van der Waals surface area contributed by atoms with Crippen molar-refractivity contribution in [3.05, 3.63) is 59.4 Å². The van der Waals surface area contributed by atoms with Crippen LogP contribution in [0.5, 0.6) is 5.75 Å². The highest BCUT2D eigenvalue weighted by Crippen LogP contribution is 2.21. The Morgan fingerprint density at radius 1 is 1.04 bits per heavy atom. The summed E-state index contributed by atoms with van der Waals surface area (Å²) in [4.78, 5) is 4.49. The van der Waals surface area contributed by atoms with E-state index in [-0.39, 0.29) is 11.6 Å². The van der Waals surface area contributed by atoms with Crippen molar-refractivity contribution in [1.29, 1.82) is 5.26 Å². The molecule has 1 saturated heterocycles. The van der Waals surface area contributed by atoms with Crippen molar-refractivity contribution in [2.75, 3.05) is 31.1 Å². The number of phenols is 1. The van der Waals surface area contributed by atoms with Crippen LogP contribution in [0.3, 0.4) is 0 Å². The van der Waals surface area contributed by atoms with Crippen LogP contribution < -0.4 is 4.90 Å². The predicted molar refractivity (Wildman–Crippen MR) is 86.7 cm³/mol. The minimum absolute atomic E-state index is 0.266. The zero-order valence-electron chi connectivity index (χ0n) is 12.7. The van der Waals surface area contributed by atoms with E-state index in [4.69, 9.17) is 5.26 Å². The van der Waals surface area contributed by atoms with Gasteiger partial charge in [0, 0.05) is 38.4 Å². The number of aromatic hydroxyl groups is 1. The number of piperazine rings is 1. The van der Waals surface area contributed by atoms with Gasteiger partial charge in [0.1, 0.15) is 11.6 Å². The summed E-state index contributed by atoms with van der Waals surface area (Å²) in [6.45, 7) is 4.01. The van der Waals surface area contributed by atoms with Crippen LogP contribution in [-0.2, 0) is 6.54 Å². The maximum atomic E-state index is 13.4. The summed E-state index contributed by atoms with van der Waals surface area (Å²) in [6.07, 6.45) is 0. The standard InChI is InChI=1S/C18H18FN3O/c19-16-2-1-14(12-20)15(11-16)13-21-7-9-22(10-8-21)17-3-5-18(23)6-4-17/h1-6,11,23H,7-10,13H2. The number of anilines is 1. The Morgan fingerprint density at radius 2 is 1.74 bits per heavy atom. The van der Waals surface area contributed by atoms with Crippen LogP contribution in [-0.4, -0.2) is 36.2 Å². The van der Waals surface area contributed by atoms with Crippen LogP contribution in [0.2, 0.25) is 0 Å². The van der Waals surface area contributed by atoms with E-state index in [1.54, 1.807) is 12.1 Å². The van der Waals surface area contributed by atoms with Crippen molar-refractivity contribution in [3.8, 4) is 11.8 Å². The maximum absolute atomic E-state index is 13.4. The summed E-state index contributed by atoms with van der Waals surface area (Å²) in [5.74, 6) is -0.0377. The molecule has 0 amide bonds. The Labute approximate surface area is 135 Å². The summed E-state index contributed by atoms with van der Waals surface area (Å²) < 4.78 is 13.4. The molecule has 1 fully saturated rings. The molecule has 0 aliphatic carbocycles. The second-order valence-corrected chi connectivity index (χ2v) is 5.69. The third-order valence-corrected chi connectivity index (χ3v) is 4.17. The summed E-state index contributed by atoms with van der Waals surface area (Å²) >= 11 is 0. The lowest BCUT2D eigenvalue weighted by atomic mass is 10.1. The number of hydrogen-bond acceptors (Lipinski definition) is 4. The van der Waals surface area contributed by atoms with Gasteiger partial charge in [-0.2, -0.15) is 5.26 Å². The molecule has 1 aliphatic heterocycles. The third-order valence-electron chi connectivity index (χ3n) is 4.17. The molecule has 1 N–H and O–H groups in total. The fourth-order valence-electron chi connectivity index (χ4n) is 2.87. The fraction of sp³-hybridized carbons (Fsp3) is 0.278. The van der Waals surface area contributed by atoms with E-state index in [0.29, 0.717) is 12.1 Å². The number of phenolic OH excluding ortho intramolecular Hbond substituents is 1. The molecule has 2 aromatic carbocycles. The van der Waals surface area contributed by atoms with E-state index in [2.05, 4.69) is 15.9 Å². The Hall–Kier alpha value is -2.58. The minimum atomic E-state index is -0.304. The fourth-order valence-corrected chi connectivity index (χ4v) is 2.87. The van der Waals surface area contributed by atoms with Gasteiger partial charge in [-0.1, -0.05) is 0 Å². The van der Waals surface area contributed by atoms with Gasteiger partial charge in [0.25, 0.3) is 0 Å². The van der Waals surface area contributed by atoms with Gasteiger partial charge in [-0.25, -0.2) is 4.39 Å². The first-order valence-corrected chi connectivity index (χ1v) is 7.60. The summed E-state index contributed by atoms with van der Waals surface area (Å²) in [5, 5.41) is 18.5. The number of benzene rings is 2. The predicted octanol–water partition coefficient (Wildman–Crippen LogP) is 2.73. The first kappa shape index (κ1) is 15.3. The normalized spacial score (nSPS) is 15.4. The quantitative estimate of drug-likeness (QED) is 0.947. The monoisotopic (exact) mass is 311 g/mol. The van der Waals surface area contributed by atoms with E-state index < -0.39 is 0 Å². The molecule has 0 aromatic heterocycles. The van der Waals surface area contributed by atoms with Gasteiger partial charge in [0.2, 0.25) is 0 Å². The molecule has 5 heteroatoms. The SMILES string of the molecule is N#Cc1ccc(F)cc1CN1CCN(c2ccc(O)cc2)CC1. The Kier molecular flexibility index (Phi) is 4.45. The van der Waals surface area contributed by atoms with Gasteiger partial charge in [-0.15, -0.1) is 0 Å². The Balaban J connectivity index is 1.62. The molecule has 0 unspecified atom stereocenters. The molecule has 2 aromatic rings. The molecule has 0 atom stereocenters. The Morgan fingerprint density at radius 3 is 2.39 bits per heavy atom. The summed E-state index contributed by atoms with van der Waals surface area (Å²) in [5.41, 5.74) is 2.36. The van der Waals surface area contributed by atoms with E-state index in [0.717, 1.165) is 37.4 Å². The van der Waals surface area contributed by atoms with Gasteiger partial charge in [-0.05, 0) is 48.0 Å². The minimum Gasteiger partial charge on any atom is -0.508 e. The van der Waals surface area contributed by atoms with Crippen LogP contribution in [0.25, 0.3) is 0 Å². The molecule has 3 rings (SSSR count). The van der Waals surface area contributed by atoms with Crippen LogP contribution >= 0.6 is 0 Å². The van der Waals surface area contributed by atoms with Crippen LogP contribution in [0, 0.1) is 17.1 Å². The van der Waals surface area contributed by atoms with Crippen molar-refractivity contribution in [2.45, 2.75) is 6.54 Å². The number of nitriles is 1. The molecule has 23 heavy (non-hydrogen) atoms. The molecular formula is C18H18FN3O. The molecule has 0 spiro atoms. The number of nitrogens with zero attached hydrogens (tertiary/aromatic N) is 3. The first-order chi connectivity index (χ1) is 11.2. The van der Waals surface area contributed by atoms with Crippen molar-refractivity contribution in [1.82, 2.24) is 4.90 Å². The van der Waals surface area contributed by atoms with Crippen molar-refractivity contribution >= 4 is 5.69 Å². The van der Waals surface area contributed by atoms with Crippen LogP contribution in [0.4, 0.5) is 10.1 Å². The molecular weight excluding hydrogens is 293 g/mol. The van der Waals surface area contributed by atoms with E-state index in [1.165, 1.54) is 18.2 Å². The van der Waals surface area contributed by atoms with E-state index in [1.807, 2.05) is 12.1 Å². The molecule has 4 nitrogen and oxygen atoms in total. The van der Waals surface area contributed by atoms with E-state index >= 15 is 0 Å². The topological polar surface area (TPSA) is 50.5 Å². The van der Waals surface area contributed by atoms with E-state index in [9.17, 15) is 9.50 Å². The van der Waals surface area contributed by atoms with Gasteiger partial charge in [0.15, 0.2) is 0 Å². The molecule has 118 valence electrons. The average Bonchev–Trinajstić information content (AvgIpc) is 2.57. The number of hydrogen-bond donors (Lipinski definition) is 1. The van der Waals surface area contributed by atoms with Gasteiger partial charge in [0.05, 0.1) is 11.6 Å². The number of rotatable bonds is 3. The smallest absolute Gasteiger partial charge is 0.123 e. The van der Waals surface area contributed by atoms with Crippen molar-refractivity contribution < 1.29 is 9.50 Å². The van der Waals surface area contributed by atoms with Crippen molar-refractivity contribution in [2.24, 2.45) is 0 Å². The highest BCUT2D eigenvalue weighted by atomic mass is 19.1. The van der Waals surface area contributed by atoms with Gasteiger partial charge >= 0.3 is 0 Å². The lowest BCUT2D eigenvalue weighted by molar-refractivity contribution is 0.249. The highest BCUT2D eigenvalue weighted by Gasteiger charge is 2.18. The highest BCUT2D eigenvalue weighted by molar-refractivity contribution is 5.49. The first-order valence-electron chi connectivity index (χ1n) is 7.60. The molecule has 0 bridgehead atoms. The zero-order valence-corrected chi connectivity index (χ0v) is 12.7. The van der Waals surface area contributed by atoms with Crippen LogP contribution in [0.15, 0.2) is 42.5 Å². The van der Waals surface area contributed by atoms with Gasteiger partial charge in [-0.3, -0.25) is 4.90 Å².